The van der Waals surface area contributed by atoms with Crippen molar-refractivity contribution in [1.29, 1.82) is 0 Å². The van der Waals surface area contributed by atoms with Gasteiger partial charge >= 0.3 is 6.03 Å². The summed E-state index contributed by atoms with van der Waals surface area (Å²) in [6.45, 7) is 2.70. The third-order valence-electron chi connectivity index (χ3n) is 4.18. The van der Waals surface area contributed by atoms with Crippen LogP contribution in [0.3, 0.4) is 0 Å². The molecule has 2 saturated heterocycles. The van der Waals surface area contributed by atoms with Crippen LogP contribution in [0.15, 0.2) is 18.2 Å². The number of carbonyl (C=O) groups excluding carboxylic acids is 2. The van der Waals surface area contributed by atoms with Gasteiger partial charge in [-0.05, 0) is 18.2 Å². The number of nitrogens with one attached hydrogen (secondary N) is 3. The van der Waals surface area contributed by atoms with E-state index in [9.17, 15) is 14.7 Å². The lowest BCUT2D eigenvalue weighted by Gasteiger charge is -2.18. The molecule has 0 aromatic heterocycles. The Hall–Kier alpha value is -1.83. The van der Waals surface area contributed by atoms with Gasteiger partial charge in [-0.2, -0.15) is 0 Å². The first-order valence-corrected chi connectivity index (χ1v) is 7.96. The van der Waals surface area contributed by atoms with Crippen molar-refractivity contribution >= 4 is 29.2 Å². The highest BCUT2D eigenvalue weighted by molar-refractivity contribution is 6.34. The summed E-state index contributed by atoms with van der Waals surface area (Å²) in [5.74, 6) is -0.239. The minimum atomic E-state index is -0.440. The quantitative estimate of drug-likeness (QED) is 0.630. The van der Waals surface area contributed by atoms with E-state index < -0.39 is 6.10 Å². The standard InChI is InChI=1S/C15H19ClN4O3/c16-11-2-1-9(5-12(11)20-4-3-18-15(20)23)14(22)19-7-10-6-17-8-13(10)21/h1-2,5,10,13,17,21H,3-4,6-8H2,(H,18,23)(H,19,22). The van der Waals surface area contributed by atoms with Crippen LogP contribution in [0.2, 0.25) is 5.02 Å². The molecule has 0 aliphatic carbocycles. The van der Waals surface area contributed by atoms with Crippen molar-refractivity contribution in [1.82, 2.24) is 16.0 Å². The normalized spacial score (nSPS) is 23.9. The number of aliphatic hydroxyl groups excluding tert-OH is 1. The van der Waals surface area contributed by atoms with E-state index >= 15 is 0 Å². The lowest BCUT2D eigenvalue weighted by molar-refractivity contribution is 0.0927. The third kappa shape index (κ3) is 3.41. The van der Waals surface area contributed by atoms with Crippen LogP contribution in [-0.2, 0) is 0 Å². The summed E-state index contributed by atoms with van der Waals surface area (Å²) in [6.07, 6.45) is -0.440. The number of nitrogens with zero attached hydrogens (tertiary/aromatic N) is 1. The van der Waals surface area contributed by atoms with Crippen LogP contribution < -0.4 is 20.9 Å². The van der Waals surface area contributed by atoms with Crippen LogP contribution in [-0.4, -0.2) is 55.9 Å². The first-order chi connectivity index (χ1) is 11.1. The number of amides is 3. The number of hydrogen-bond acceptors (Lipinski definition) is 4. The molecule has 2 unspecified atom stereocenters. The number of anilines is 1. The summed E-state index contributed by atoms with van der Waals surface area (Å²) in [4.78, 5) is 25.6. The van der Waals surface area contributed by atoms with E-state index in [2.05, 4.69) is 16.0 Å². The maximum atomic E-state index is 12.3. The molecule has 0 bridgehead atoms. The first-order valence-electron chi connectivity index (χ1n) is 7.58. The molecule has 8 heteroatoms. The molecule has 0 spiro atoms. The molecular formula is C15H19ClN4O3. The van der Waals surface area contributed by atoms with Crippen LogP contribution >= 0.6 is 11.6 Å². The van der Waals surface area contributed by atoms with Crippen molar-refractivity contribution in [2.75, 3.05) is 37.6 Å². The van der Waals surface area contributed by atoms with Gasteiger partial charge in [-0.1, -0.05) is 11.6 Å². The first kappa shape index (κ1) is 16.0. The fourth-order valence-corrected chi connectivity index (χ4v) is 3.04. The number of β-amino-alcohol motifs (C(OH)–C–C–N with tert-alkyl or cyclic N) is 1. The Labute approximate surface area is 139 Å². The van der Waals surface area contributed by atoms with Gasteiger partial charge in [-0.25, -0.2) is 4.79 Å². The van der Waals surface area contributed by atoms with Gasteiger partial charge < -0.3 is 21.1 Å². The lowest BCUT2D eigenvalue weighted by Crippen LogP contribution is -2.34. The van der Waals surface area contributed by atoms with Crippen molar-refractivity contribution in [3.63, 3.8) is 0 Å². The highest BCUT2D eigenvalue weighted by Crippen LogP contribution is 2.28. The van der Waals surface area contributed by atoms with Crippen molar-refractivity contribution in [2.45, 2.75) is 6.10 Å². The number of rotatable bonds is 4. The maximum absolute atomic E-state index is 12.3. The Morgan fingerprint density at radius 1 is 1.43 bits per heavy atom. The molecule has 3 amide bonds. The van der Waals surface area contributed by atoms with Crippen LogP contribution in [0.5, 0.6) is 0 Å². The zero-order valence-corrected chi connectivity index (χ0v) is 13.3. The van der Waals surface area contributed by atoms with Gasteiger partial charge in [0.15, 0.2) is 0 Å². The van der Waals surface area contributed by atoms with Gasteiger partial charge in [0, 0.05) is 44.2 Å². The molecule has 2 atom stereocenters. The van der Waals surface area contributed by atoms with E-state index in [1.54, 1.807) is 18.2 Å². The molecule has 1 aromatic rings. The minimum Gasteiger partial charge on any atom is -0.391 e. The van der Waals surface area contributed by atoms with Gasteiger partial charge in [0.1, 0.15) is 0 Å². The fourth-order valence-electron chi connectivity index (χ4n) is 2.82. The van der Waals surface area contributed by atoms with Gasteiger partial charge in [0.2, 0.25) is 0 Å². The maximum Gasteiger partial charge on any atom is 0.322 e. The molecule has 2 aliphatic rings. The van der Waals surface area contributed by atoms with Gasteiger partial charge in [-0.15, -0.1) is 0 Å². The Balaban J connectivity index is 1.69. The molecule has 0 saturated carbocycles. The van der Waals surface area contributed by atoms with Crippen LogP contribution in [0.4, 0.5) is 10.5 Å². The van der Waals surface area contributed by atoms with Crippen molar-refractivity contribution in [3.8, 4) is 0 Å². The van der Waals surface area contributed by atoms with E-state index in [0.29, 0.717) is 49.0 Å². The molecule has 0 radical (unpaired) electrons. The summed E-state index contributed by atoms with van der Waals surface area (Å²) < 4.78 is 0. The zero-order valence-electron chi connectivity index (χ0n) is 12.5. The number of benzene rings is 1. The van der Waals surface area contributed by atoms with Crippen LogP contribution in [0.25, 0.3) is 0 Å². The molecule has 3 rings (SSSR count). The summed E-state index contributed by atoms with van der Waals surface area (Å²) in [5.41, 5.74) is 0.960. The molecule has 2 aliphatic heterocycles. The average Bonchev–Trinajstić information content (AvgIpc) is 3.14. The largest absolute Gasteiger partial charge is 0.391 e. The van der Waals surface area contributed by atoms with Gasteiger partial charge in [0.05, 0.1) is 16.8 Å². The molecular weight excluding hydrogens is 320 g/mol. The predicted molar refractivity (Wildman–Crippen MR) is 86.9 cm³/mol. The smallest absolute Gasteiger partial charge is 0.322 e. The number of aliphatic hydroxyl groups is 1. The molecule has 1 aromatic carbocycles. The van der Waals surface area contributed by atoms with E-state index in [1.807, 2.05) is 0 Å². The Kier molecular flexibility index (Phi) is 4.70. The molecule has 2 heterocycles. The lowest BCUT2D eigenvalue weighted by atomic mass is 10.1. The minimum absolute atomic E-state index is 0.00933. The van der Waals surface area contributed by atoms with Crippen molar-refractivity contribution in [3.05, 3.63) is 28.8 Å². The summed E-state index contributed by atoms with van der Waals surface area (Å²) in [6, 6.07) is 4.64. The Morgan fingerprint density at radius 2 is 2.26 bits per heavy atom. The zero-order chi connectivity index (χ0) is 16.4. The second-order valence-corrected chi connectivity index (χ2v) is 6.15. The van der Waals surface area contributed by atoms with Crippen LogP contribution in [0.1, 0.15) is 10.4 Å². The van der Waals surface area contributed by atoms with Crippen LogP contribution in [0, 0.1) is 5.92 Å². The Morgan fingerprint density at radius 3 is 2.91 bits per heavy atom. The van der Waals surface area contributed by atoms with Crippen molar-refractivity contribution in [2.24, 2.45) is 5.92 Å². The van der Waals surface area contributed by atoms with Crippen molar-refractivity contribution < 1.29 is 14.7 Å². The summed E-state index contributed by atoms with van der Waals surface area (Å²) in [5, 5.41) is 18.8. The molecule has 2 fully saturated rings. The third-order valence-corrected chi connectivity index (χ3v) is 4.50. The molecule has 7 nitrogen and oxygen atoms in total. The molecule has 124 valence electrons. The second kappa shape index (κ2) is 6.74. The average molecular weight is 339 g/mol. The fraction of sp³-hybridized carbons (Fsp3) is 0.467. The highest BCUT2D eigenvalue weighted by atomic mass is 35.5. The second-order valence-electron chi connectivity index (χ2n) is 5.75. The SMILES string of the molecule is O=C(NCC1CNCC1O)c1ccc(Cl)c(N2CCNC2=O)c1. The van der Waals surface area contributed by atoms with E-state index in [1.165, 1.54) is 4.90 Å². The predicted octanol–water partition coefficient (Wildman–Crippen LogP) is 0.180. The number of urea groups is 1. The van der Waals surface area contributed by atoms with Gasteiger partial charge in [-0.3, -0.25) is 9.69 Å². The Bertz CT molecular complexity index is 625. The molecule has 23 heavy (non-hydrogen) atoms. The highest BCUT2D eigenvalue weighted by Gasteiger charge is 2.26. The summed E-state index contributed by atoms with van der Waals surface area (Å²) in [7, 11) is 0. The molecule has 4 N–H and O–H groups in total. The summed E-state index contributed by atoms with van der Waals surface area (Å²) >= 11 is 6.15. The number of halogens is 1. The number of hydrogen-bond donors (Lipinski definition) is 4. The monoisotopic (exact) mass is 338 g/mol. The van der Waals surface area contributed by atoms with E-state index in [0.717, 1.165) is 0 Å². The van der Waals surface area contributed by atoms with Gasteiger partial charge in [0.25, 0.3) is 5.91 Å². The van der Waals surface area contributed by atoms with E-state index in [4.69, 9.17) is 11.6 Å². The van der Waals surface area contributed by atoms with E-state index in [-0.39, 0.29) is 17.9 Å². The topological polar surface area (TPSA) is 93.7 Å². The number of carbonyl (C=O) groups is 2.